The minimum Gasteiger partial charge on any atom is -0.355 e. The number of nitrogens with zero attached hydrogens (tertiary/aromatic N) is 2. The summed E-state index contributed by atoms with van der Waals surface area (Å²) in [7, 11) is 0. The number of hydrogen-bond donors (Lipinski definition) is 2. The van der Waals surface area contributed by atoms with E-state index in [2.05, 4.69) is 49.4 Å². The molecule has 0 atom stereocenters. The minimum absolute atomic E-state index is 0.0587. The van der Waals surface area contributed by atoms with Crippen LogP contribution in [0.4, 0.5) is 0 Å². The van der Waals surface area contributed by atoms with E-state index in [-0.39, 0.29) is 12.3 Å². The molecule has 0 aliphatic heterocycles. The summed E-state index contributed by atoms with van der Waals surface area (Å²) in [4.78, 5) is 15.9. The topological polar surface area (TPSA) is 70.7 Å². The van der Waals surface area contributed by atoms with E-state index >= 15 is 0 Å². The SMILES string of the molecule is Cc1nc(CC(=O)NCCc2cccc(Br)c2C)n[nH]1. The van der Waals surface area contributed by atoms with Gasteiger partial charge in [0.15, 0.2) is 5.82 Å². The Hall–Kier alpha value is -1.69. The second kappa shape index (κ2) is 6.65. The number of carbonyl (C=O) groups excluding carboxylic acids is 1. The first-order valence-corrected chi connectivity index (χ1v) is 7.24. The molecule has 0 radical (unpaired) electrons. The van der Waals surface area contributed by atoms with Gasteiger partial charge in [-0.15, -0.1) is 0 Å². The molecule has 0 aliphatic carbocycles. The number of H-pyrrole nitrogens is 1. The largest absolute Gasteiger partial charge is 0.355 e. The van der Waals surface area contributed by atoms with Crippen molar-refractivity contribution in [3.05, 3.63) is 45.4 Å². The molecule has 6 heteroatoms. The fourth-order valence-corrected chi connectivity index (χ4v) is 2.34. The van der Waals surface area contributed by atoms with Gasteiger partial charge < -0.3 is 5.32 Å². The summed E-state index contributed by atoms with van der Waals surface area (Å²) >= 11 is 3.51. The Kier molecular flexibility index (Phi) is 4.89. The molecule has 20 heavy (non-hydrogen) atoms. The Morgan fingerprint density at radius 2 is 2.20 bits per heavy atom. The van der Waals surface area contributed by atoms with Gasteiger partial charge in [-0.3, -0.25) is 9.89 Å². The quantitative estimate of drug-likeness (QED) is 0.878. The van der Waals surface area contributed by atoms with Crippen molar-refractivity contribution in [1.29, 1.82) is 0 Å². The predicted molar refractivity (Wildman–Crippen MR) is 80.4 cm³/mol. The van der Waals surface area contributed by atoms with Crippen LogP contribution in [-0.2, 0) is 17.6 Å². The molecule has 2 N–H and O–H groups in total. The Bertz CT molecular complexity index is 609. The van der Waals surface area contributed by atoms with Crippen LogP contribution in [0.5, 0.6) is 0 Å². The van der Waals surface area contributed by atoms with Crippen molar-refractivity contribution in [2.45, 2.75) is 26.7 Å². The summed E-state index contributed by atoms with van der Waals surface area (Å²) in [6, 6.07) is 6.10. The molecule has 1 heterocycles. The molecule has 2 aromatic rings. The van der Waals surface area contributed by atoms with Crippen molar-refractivity contribution in [1.82, 2.24) is 20.5 Å². The lowest BCUT2D eigenvalue weighted by Crippen LogP contribution is -2.27. The number of amides is 1. The molecule has 0 saturated heterocycles. The summed E-state index contributed by atoms with van der Waals surface area (Å²) in [5, 5.41) is 9.56. The molecule has 1 aromatic carbocycles. The maximum Gasteiger partial charge on any atom is 0.227 e. The molecule has 0 saturated carbocycles. The Balaban J connectivity index is 1.81. The van der Waals surface area contributed by atoms with Gasteiger partial charge >= 0.3 is 0 Å². The van der Waals surface area contributed by atoms with Crippen LogP contribution < -0.4 is 5.32 Å². The van der Waals surface area contributed by atoms with Crippen molar-refractivity contribution in [3.8, 4) is 0 Å². The Morgan fingerprint density at radius 1 is 1.40 bits per heavy atom. The molecule has 0 unspecified atom stereocenters. The number of aromatic amines is 1. The molecule has 106 valence electrons. The van der Waals surface area contributed by atoms with Crippen LogP contribution in [0.3, 0.4) is 0 Å². The minimum atomic E-state index is -0.0587. The van der Waals surface area contributed by atoms with Crippen LogP contribution in [0.15, 0.2) is 22.7 Å². The molecule has 0 spiro atoms. The van der Waals surface area contributed by atoms with Crippen LogP contribution in [0, 0.1) is 13.8 Å². The first-order chi connectivity index (χ1) is 9.56. The highest BCUT2D eigenvalue weighted by molar-refractivity contribution is 9.10. The maximum absolute atomic E-state index is 11.7. The smallest absolute Gasteiger partial charge is 0.227 e. The third kappa shape index (κ3) is 3.90. The Morgan fingerprint density at radius 3 is 2.90 bits per heavy atom. The zero-order chi connectivity index (χ0) is 14.5. The van der Waals surface area contributed by atoms with Gasteiger partial charge in [-0.1, -0.05) is 28.1 Å². The number of aryl methyl sites for hydroxylation is 1. The van der Waals surface area contributed by atoms with Gasteiger partial charge in [0.1, 0.15) is 5.82 Å². The molecule has 0 bridgehead atoms. The third-order valence-corrected chi connectivity index (χ3v) is 3.92. The van der Waals surface area contributed by atoms with Gasteiger partial charge in [0, 0.05) is 11.0 Å². The molecule has 1 amide bonds. The van der Waals surface area contributed by atoms with Gasteiger partial charge in [0.05, 0.1) is 6.42 Å². The standard InChI is InChI=1S/C14H17BrN4O/c1-9-11(4-3-5-12(9)15)6-7-16-14(20)8-13-17-10(2)18-19-13/h3-5H,6-8H2,1-2H3,(H,16,20)(H,17,18,19). The lowest BCUT2D eigenvalue weighted by Gasteiger charge is -2.08. The highest BCUT2D eigenvalue weighted by Crippen LogP contribution is 2.19. The number of nitrogens with one attached hydrogen (secondary N) is 2. The highest BCUT2D eigenvalue weighted by Gasteiger charge is 2.08. The summed E-state index contributed by atoms with van der Waals surface area (Å²) in [5.74, 6) is 1.19. The Labute approximate surface area is 126 Å². The molecule has 5 nitrogen and oxygen atoms in total. The fraction of sp³-hybridized carbons (Fsp3) is 0.357. The van der Waals surface area contributed by atoms with Crippen LogP contribution in [-0.4, -0.2) is 27.6 Å². The molecule has 1 aromatic heterocycles. The summed E-state index contributed by atoms with van der Waals surface area (Å²) in [6.07, 6.45) is 1.02. The second-order valence-corrected chi connectivity index (χ2v) is 5.49. The predicted octanol–water partition coefficient (Wildman–Crippen LogP) is 2.09. The third-order valence-electron chi connectivity index (χ3n) is 3.06. The normalized spacial score (nSPS) is 10.6. The van der Waals surface area contributed by atoms with Crippen LogP contribution >= 0.6 is 15.9 Å². The highest BCUT2D eigenvalue weighted by atomic mass is 79.9. The molecular formula is C14H17BrN4O. The van der Waals surface area contributed by atoms with E-state index in [1.165, 1.54) is 11.1 Å². The zero-order valence-corrected chi connectivity index (χ0v) is 13.1. The van der Waals surface area contributed by atoms with Gasteiger partial charge in [0.25, 0.3) is 0 Å². The van der Waals surface area contributed by atoms with E-state index in [0.717, 1.165) is 16.7 Å². The second-order valence-electron chi connectivity index (χ2n) is 4.64. The van der Waals surface area contributed by atoms with E-state index in [1.807, 2.05) is 19.1 Å². The monoisotopic (exact) mass is 336 g/mol. The van der Waals surface area contributed by atoms with Crippen LogP contribution in [0.1, 0.15) is 22.8 Å². The maximum atomic E-state index is 11.7. The number of carbonyl (C=O) groups is 1. The van der Waals surface area contributed by atoms with E-state index in [0.29, 0.717) is 12.4 Å². The van der Waals surface area contributed by atoms with Crippen molar-refractivity contribution < 1.29 is 4.79 Å². The van der Waals surface area contributed by atoms with Crippen LogP contribution in [0.2, 0.25) is 0 Å². The zero-order valence-electron chi connectivity index (χ0n) is 11.5. The fourth-order valence-electron chi connectivity index (χ4n) is 1.93. The van der Waals surface area contributed by atoms with Crippen molar-refractivity contribution >= 4 is 21.8 Å². The van der Waals surface area contributed by atoms with Crippen molar-refractivity contribution in [3.63, 3.8) is 0 Å². The average molecular weight is 337 g/mol. The lowest BCUT2D eigenvalue weighted by atomic mass is 10.1. The summed E-state index contributed by atoms with van der Waals surface area (Å²) < 4.78 is 1.09. The number of aromatic nitrogens is 3. The number of rotatable bonds is 5. The molecule has 0 fully saturated rings. The van der Waals surface area contributed by atoms with Gasteiger partial charge in [-0.2, -0.15) is 5.10 Å². The summed E-state index contributed by atoms with van der Waals surface area (Å²) in [6.45, 7) is 4.49. The average Bonchev–Trinajstić information content (AvgIpc) is 2.80. The molecular weight excluding hydrogens is 320 g/mol. The number of hydrogen-bond acceptors (Lipinski definition) is 3. The van der Waals surface area contributed by atoms with Gasteiger partial charge in [-0.25, -0.2) is 4.98 Å². The first-order valence-electron chi connectivity index (χ1n) is 6.45. The lowest BCUT2D eigenvalue weighted by molar-refractivity contribution is -0.120. The van der Waals surface area contributed by atoms with Gasteiger partial charge in [-0.05, 0) is 37.5 Å². The van der Waals surface area contributed by atoms with Crippen molar-refractivity contribution in [2.75, 3.05) is 6.54 Å². The van der Waals surface area contributed by atoms with E-state index in [4.69, 9.17) is 0 Å². The van der Waals surface area contributed by atoms with E-state index < -0.39 is 0 Å². The molecule has 0 aliphatic rings. The van der Waals surface area contributed by atoms with E-state index in [9.17, 15) is 4.79 Å². The number of halogens is 1. The van der Waals surface area contributed by atoms with E-state index in [1.54, 1.807) is 0 Å². The molecule has 2 rings (SSSR count). The van der Waals surface area contributed by atoms with Crippen LogP contribution in [0.25, 0.3) is 0 Å². The summed E-state index contributed by atoms with van der Waals surface area (Å²) in [5.41, 5.74) is 2.44. The van der Waals surface area contributed by atoms with Crippen molar-refractivity contribution in [2.24, 2.45) is 0 Å². The van der Waals surface area contributed by atoms with Gasteiger partial charge in [0.2, 0.25) is 5.91 Å². The number of benzene rings is 1. The first kappa shape index (κ1) is 14.7.